The van der Waals surface area contributed by atoms with Gasteiger partial charge in [-0.15, -0.1) is 5.10 Å². The largest absolute Gasteiger partial charge is 0.467 e. The van der Waals surface area contributed by atoms with Gasteiger partial charge >= 0.3 is 12.0 Å². The molecule has 0 amide bonds. The van der Waals surface area contributed by atoms with Gasteiger partial charge in [-0.3, -0.25) is 4.98 Å². The number of rotatable bonds is 18. The first kappa shape index (κ1) is 155. The first-order chi connectivity index (χ1) is 62.7. The lowest BCUT2D eigenvalue weighted by Gasteiger charge is -2.34. The molecule has 16 heterocycles. The fraction of sp³-hybridized carbons (Fsp3) is 0.707. The molecule has 4 atom stereocenters. The summed E-state index contributed by atoms with van der Waals surface area (Å²) < 4.78 is 33.3. The van der Waals surface area contributed by atoms with Crippen molar-refractivity contribution in [2.75, 3.05) is 86.4 Å². The van der Waals surface area contributed by atoms with E-state index in [0.717, 1.165) is 124 Å². The molecule has 0 spiro atoms. The van der Waals surface area contributed by atoms with Crippen LogP contribution in [0.2, 0.25) is 0 Å². The molecule has 8 aliphatic rings. The fourth-order valence-electron chi connectivity index (χ4n) is 19.4. The molecule has 0 aromatic carbocycles. The van der Waals surface area contributed by atoms with Crippen LogP contribution in [-0.4, -0.2) is 229 Å². The molecule has 0 bridgehead atoms. The molecule has 0 saturated carbocycles. The van der Waals surface area contributed by atoms with Gasteiger partial charge < -0.3 is 48.0 Å². The summed E-state index contributed by atoms with van der Waals surface area (Å²) in [6.07, 6.45) is 20.6. The highest BCUT2D eigenvalue weighted by atomic mass is 16.5. The van der Waals surface area contributed by atoms with Crippen molar-refractivity contribution in [2.24, 2.45) is 23.7 Å². The maximum Gasteiger partial charge on any atom is 0.318 e. The molecular weight excluding hydrogens is 1830 g/mol. The number of fused-ring (bicyclic) bond motifs is 8. The Balaban J connectivity index is -0.000000249. The van der Waals surface area contributed by atoms with Crippen molar-refractivity contribution in [3.63, 3.8) is 0 Å². The first-order valence-corrected chi connectivity index (χ1v) is 50.3. The summed E-state index contributed by atoms with van der Waals surface area (Å²) >= 11 is 0. The highest BCUT2D eigenvalue weighted by Crippen LogP contribution is 2.42. The van der Waals surface area contributed by atoms with Gasteiger partial charge in [0.05, 0.1) is 125 Å². The fourth-order valence-corrected chi connectivity index (χ4v) is 19.4. The van der Waals surface area contributed by atoms with E-state index in [4.69, 9.17) is 28.4 Å². The highest BCUT2D eigenvalue weighted by molar-refractivity contribution is 5.76. The Morgan fingerprint density at radius 2 is 0.561 bits per heavy atom. The van der Waals surface area contributed by atoms with E-state index >= 15 is 0 Å². The summed E-state index contributed by atoms with van der Waals surface area (Å²) in [5, 5.41) is 17.0. The predicted molar refractivity (Wildman–Crippen MR) is 639 cm³/mol. The highest BCUT2D eigenvalue weighted by Gasteiger charge is 2.36. The van der Waals surface area contributed by atoms with Gasteiger partial charge in [0.2, 0.25) is 0 Å². The van der Waals surface area contributed by atoms with Crippen molar-refractivity contribution in [1.82, 2.24) is 70.2 Å². The second kappa shape index (κ2) is 73.3. The van der Waals surface area contributed by atoms with E-state index in [-0.39, 0.29) is 127 Å². The second-order valence-corrected chi connectivity index (χ2v) is 42.0. The zero-order chi connectivity index (χ0) is 96.8. The maximum atomic E-state index is 5.72. The third-order valence-electron chi connectivity index (χ3n) is 26.9. The van der Waals surface area contributed by atoms with Gasteiger partial charge in [0, 0.05) is 193 Å². The van der Waals surface area contributed by atoms with Gasteiger partial charge in [-0.2, -0.15) is 35.2 Å². The number of nitrogens with zero attached hydrogens (tertiary/aromatic N) is 18. The number of hydrogen-bond donors (Lipinski definition) is 0. The van der Waals surface area contributed by atoms with E-state index in [1.807, 2.05) is 24.8 Å². The van der Waals surface area contributed by atoms with Crippen LogP contribution in [0.5, 0.6) is 12.0 Å². The number of pyridine rings is 2. The average molecular weight is 2030 g/mol. The molecule has 0 fully saturated rings. The van der Waals surface area contributed by atoms with Crippen LogP contribution < -0.4 is 29.1 Å². The molecule has 8 aromatic rings. The van der Waals surface area contributed by atoms with Crippen molar-refractivity contribution in [2.45, 2.75) is 454 Å². The van der Waals surface area contributed by atoms with Gasteiger partial charge in [-0.05, 0) is 218 Å². The molecule has 8 aromatic heterocycles. The summed E-state index contributed by atoms with van der Waals surface area (Å²) in [5.74, 6) is 12.3. The quantitative estimate of drug-likeness (QED) is 0.0724. The van der Waals surface area contributed by atoms with Crippen LogP contribution >= 0.6 is 0 Å². The predicted octanol–water partition coefficient (Wildman–Crippen LogP) is 25.8. The summed E-state index contributed by atoms with van der Waals surface area (Å²) in [4.78, 5) is 54.7. The molecule has 8 aliphatic heterocycles. The van der Waals surface area contributed by atoms with Crippen molar-refractivity contribution >= 4 is 90.6 Å². The van der Waals surface area contributed by atoms with Crippen LogP contribution in [0.1, 0.15) is 490 Å². The van der Waals surface area contributed by atoms with E-state index in [2.05, 4.69) is 324 Å². The molecule has 0 saturated heterocycles. The van der Waals surface area contributed by atoms with Crippen LogP contribution in [0.15, 0.2) is 49.6 Å². The molecule has 816 valence electrons. The van der Waals surface area contributed by atoms with Gasteiger partial charge in [0.15, 0.2) is 5.82 Å². The molecule has 0 N–H and O–H groups in total. The Kier molecular flexibility index (Phi) is 76.8. The van der Waals surface area contributed by atoms with Crippen molar-refractivity contribution in [1.29, 1.82) is 0 Å². The molecule has 32 heteroatoms. The molecule has 4 unspecified atom stereocenters. The van der Waals surface area contributed by atoms with E-state index in [0.29, 0.717) is 151 Å². The van der Waals surface area contributed by atoms with E-state index in [9.17, 15) is 0 Å². The molecule has 148 heavy (non-hydrogen) atoms. The first-order valence-electron chi connectivity index (χ1n) is 50.3. The average Bonchev–Trinajstić information content (AvgIpc) is 0.775. The topological polar surface area (TPSA) is 249 Å². The van der Waals surface area contributed by atoms with Crippen molar-refractivity contribution < 1.29 is 28.4 Å². The van der Waals surface area contributed by atoms with Gasteiger partial charge in [-0.1, -0.05) is 226 Å². The van der Waals surface area contributed by atoms with E-state index < -0.39 is 0 Å². The second-order valence-electron chi connectivity index (χ2n) is 42.0. The maximum absolute atomic E-state index is 5.72. The minimum Gasteiger partial charge on any atom is -0.467 e. The third-order valence-corrected chi connectivity index (χ3v) is 26.9. The van der Waals surface area contributed by atoms with Gasteiger partial charge in [-0.25, -0.2) is 24.9 Å². The van der Waals surface area contributed by atoms with Crippen LogP contribution in [-0.2, 0) is 71.1 Å². The van der Waals surface area contributed by atoms with Crippen molar-refractivity contribution in [3.05, 3.63) is 162 Å². The number of methoxy groups -OCH3 is 2. The van der Waals surface area contributed by atoms with E-state index in [1.165, 1.54) is 122 Å². The Labute approximate surface area is 921 Å². The Hall–Kier alpha value is -8.06. The SMILES string of the molecule is C.C.C.C.C.C.C.C.CC(C)c1ccnc2c1CCCN2C(C)C.CC(C)c1ccnc2c1COCC2C(C)C.CC(C)c1cnnc2c1CCCN2C(C)C.CC(C)c1cnnc2c1COCC2C(C)C.CC(C)c1ncnc2c1CCCN2C(C)C.CC(C)c1ncnc2c1COCC2C(C)C.COc1nc(C(C)C)c2c(n1)C(C(C)C)COC2.COc1nc(C(C)C)c2c(n1)N(C(C)C)CCC2.[B].[B].[B].[B].[B].[B].[B].[B]. The Morgan fingerprint density at radius 3 is 0.953 bits per heavy atom. The molecule has 16 rings (SSSR count). The number of anilines is 4. The Bertz CT molecular complexity index is 4300. The molecule has 24 radical (unpaired) electrons. The lowest BCUT2D eigenvalue weighted by molar-refractivity contribution is 0.0751. The zero-order valence-electron chi connectivity index (χ0n) is 92.4. The van der Waals surface area contributed by atoms with Crippen LogP contribution in [0, 0.1) is 23.7 Å². The smallest absolute Gasteiger partial charge is 0.318 e. The zero-order valence-corrected chi connectivity index (χ0v) is 92.4. The Morgan fingerprint density at radius 1 is 0.270 bits per heavy atom. The molecular formula is C116H202B8N18O6. The normalized spacial score (nSPS) is 15.9. The minimum absolute atomic E-state index is 0. The van der Waals surface area contributed by atoms with Gasteiger partial charge in [0.25, 0.3) is 0 Å². The van der Waals surface area contributed by atoms with E-state index in [1.54, 1.807) is 26.9 Å². The number of aromatic nitrogens is 14. The summed E-state index contributed by atoms with van der Waals surface area (Å²) in [5.41, 5.74) is 25.5. The van der Waals surface area contributed by atoms with Crippen LogP contribution in [0.4, 0.5) is 23.3 Å². The lowest BCUT2D eigenvalue weighted by atomic mass is 9.85. The molecule has 24 nitrogen and oxygen atoms in total. The van der Waals surface area contributed by atoms with Crippen LogP contribution in [0.3, 0.4) is 0 Å². The third kappa shape index (κ3) is 39.5. The minimum atomic E-state index is 0. The lowest BCUT2D eigenvalue weighted by Crippen LogP contribution is -2.37. The number of hydrogen-bond acceptors (Lipinski definition) is 24. The standard InChI is InChI=1S/C14H23N3O.C14H22N2O2.C14H22N2.C14H21NO.2C13H21N3.2C13H20N2O.8CH4.8B/c1-9(2)12-11-7-6-8-17(10(3)4)13(11)16-14(15-12)18-5;1-8(2)10-6-18-7-11-12(9(3)4)15-14(17-5)16-13(10)11;1-10(2)12-7-8-15-14-13(12)6-5-9-16(14)11(3)4;1-9(2)11-5-6-15-14-12(10(3)4)7-16-8-13(11)14;1-9(2)12-11-6-5-7-16(10(3)4)13(11)15-8-14-12;1-9(2)12-8-14-15-13-11(12)6-5-7-16(13)10(3)4;1-8(2)10-5-16-6-11-12(9(3)4)14-7-15-13(10)11;1-8(2)10-5-14-15-13-11(9(3)4)6-16-7-12(10)13;;;;;;;;;;;;;;;;/h9-10H,6-8H2,1-5H3;8-10H,6-7H2,1-5H3;7-8,10-11H,5-6,9H2,1-4H3;5-6,9-10,12H,7-8H2,1-4H3;2*8-10H,5-7H2,1-4H3;7-10H,5-6H2,1-4H3;5,8-9,11H,6-7H2,1-4H3;8*1H4;;;;;;;;. The number of ether oxygens (including phenoxy) is 6. The van der Waals surface area contributed by atoms with Crippen LogP contribution in [0.25, 0.3) is 0 Å². The summed E-state index contributed by atoms with van der Waals surface area (Å²) in [7, 11) is 3.25. The summed E-state index contributed by atoms with van der Waals surface area (Å²) in [6.45, 7) is 81.1. The van der Waals surface area contributed by atoms with Crippen molar-refractivity contribution in [3.8, 4) is 12.0 Å². The molecule has 0 aliphatic carbocycles. The summed E-state index contributed by atoms with van der Waals surface area (Å²) in [6, 6.07) is 7.33. The monoisotopic (exact) mass is 2030 g/mol. The van der Waals surface area contributed by atoms with Gasteiger partial charge in [0.1, 0.15) is 30.1 Å².